The van der Waals surface area contributed by atoms with Crippen molar-refractivity contribution in [3.63, 3.8) is 0 Å². The van der Waals surface area contributed by atoms with Gasteiger partial charge in [-0.25, -0.2) is 0 Å². The van der Waals surface area contributed by atoms with E-state index >= 15 is 0 Å². The second-order valence-electron chi connectivity index (χ2n) is 6.24. The minimum absolute atomic E-state index is 0.211. The average molecular weight is 302 g/mol. The van der Waals surface area contributed by atoms with Crippen molar-refractivity contribution >= 4 is 17.9 Å². The van der Waals surface area contributed by atoms with Crippen molar-refractivity contribution in [1.29, 1.82) is 0 Å². The largest absolute Gasteiger partial charge is 0.289 e. The Bertz CT molecular complexity index is 728. The van der Waals surface area contributed by atoms with Gasteiger partial charge in [-0.05, 0) is 67.5 Å². The summed E-state index contributed by atoms with van der Waals surface area (Å²) in [6.45, 7) is 4.17. The van der Waals surface area contributed by atoms with E-state index in [0.717, 1.165) is 41.5 Å². The third-order valence-electron chi connectivity index (χ3n) is 4.51. The van der Waals surface area contributed by atoms with Crippen molar-refractivity contribution in [2.24, 2.45) is 0 Å². The molecule has 116 valence electrons. The predicted octanol–water partition coefficient (Wildman–Crippen LogP) is 5.52. The molecule has 2 aromatic carbocycles. The van der Waals surface area contributed by atoms with Crippen molar-refractivity contribution in [3.8, 4) is 0 Å². The Balaban J connectivity index is 1.93. The van der Waals surface area contributed by atoms with Gasteiger partial charge in [0.05, 0.1) is 0 Å². The SMILES string of the molecule is Cc1ccccc1/C=C1\CCC/C(=C\c2ccccc2C)C1=O. The van der Waals surface area contributed by atoms with Crippen LogP contribution >= 0.6 is 0 Å². The number of carbonyl (C=O) groups excluding carboxylic acids is 1. The maximum absolute atomic E-state index is 12.8. The number of aryl methyl sites for hydroxylation is 2. The summed E-state index contributed by atoms with van der Waals surface area (Å²) in [6.07, 6.45) is 6.93. The summed E-state index contributed by atoms with van der Waals surface area (Å²) in [5.74, 6) is 0.211. The molecule has 0 heterocycles. The molecule has 1 fully saturated rings. The Morgan fingerprint density at radius 3 is 1.61 bits per heavy atom. The van der Waals surface area contributed by atoms with E-state index in [0.29, 0.717) is 0 Å². The van der Waals surface area contributed by atoms with Gasteiger partial charge in [0.1, 0.15) is 0 Å². The van der Waals surface area contributed by atoms with E-state index in [-0.39, 0.29) is 5.78 Å². The Hall–Kier alpha value is -2.41. The second kappa shape index (κ2) is 6.78. The van der Waals surface area contributed by atoms with Gasteiger partial charge in [0.25, 0.3) is 0 Å². The molecule has 0 amide bonds. The number of hydrogen-bond acceptors (Lipinski definition) is 1. The van der Waals surface area contributed by atoms with E-state index in [2.05, 4.69) is 50.3 Å². The Morgan fingerprint density at radius 2 is 1.17 bits per heavy atom. The van der Waals surface area contributed by atoms with Crippen LogP contribution in [-0.4, -0.2) is 5.78 Å². The molecule has 0 aliphatic heterocycles. The van der Waals surface area contributed by atoms with Crippen LogP contribution in [0.15, 0.2) is 59.7 Å². The lowest BCUT2D eigenvalue weighted by Gasteiger charge is -2.17. The average Bonchev–Trinajstić information content (AvgIpc) is 2.55. The van der Waals surface area contributed by atoms with E-state index in [1.54, 1.807) is 0 Å². The molecule has 23 heavy (non-hydrogen) atoms. The van der Waals surface area contributed by atoms with Gasteiger partial charge in [-0.2, -0.15) is 0 Å². The third kappa shape index (κ3) is 3.50. The van der Waals surface area contributed by atoms with Gasteiger partial charge in [0.2, 0.25) is 0 Å². The zero-order chi connectivity index (χ0) is 16.2. The first-order valence-corrected chi connectivity index (χ1v) is 8.22. The highest BCUT2D eigenvalue weighted by Crippen LogP contribution is 2.29. The molecule has 0 radical (unpaired) electrons. The topological polar surface area (TPSA) is 17.1 Å². The molecule has 0 N–H and O–H groups in total. The summed E-state index contributed by atoms with van der Waals surface area (Å²) in [7, 11) is 0. The number of Topliss-reactive ketones (excluding diaryl/α,β-unsaturated/α-hetero) is 1. The normalized spacial score (nSPS) is 18.6. The van der Waals surface area contributed by atoms with Crippen molar-refractivity contribution in [1.82, 2.24) is 0 Å². The van der Waals surface area contributed by atoms with Crippen LogP contribution in [0.3, 0.4) is 0 Å². The minimum atomic E-state index is 0.211. The highest BCUT2D eigenvalue weighted by atomic mass is 16.1. The van der Waals surface area contributed by atoms with Gasteiger partial charge in [0.15, 0.2) is 5.78 Å². The lowest BCUT2D eigenvalue weighted by Crippen LogP contribution is -2.12. The highest BCUT2D eigenvalue weighted by Gasteiger charge is 2.20. The van der Waals surface area contributed by atoms with Crippen LogP contribution in [0.5, 0.6) is 0 Å². The van der Waals surface area contributed by atoms with Crippen LogP contribution < -0.4 is 0 Å². The molecule has 0 saturated heterocycles. The molecule has 1 saturated carbocycles. The standard InChI is InChI=1S/C22H22O/c1-16-8-3-5-10-18(16)14-20-12-7-13-21(22(20)23)15-19-11-6-4-9-17(19)2/h3-6,8-11,14-15H,7,12-13H2,1-2H3/b20-14+,21-15+. The maximum Gasteiger partial charge on any atom is 0.185 e. The highest BCUT2D eigenvalue weighted by molar-refractivity contribution is 6.14. The lowest BCUT2D eigenvalue weighted by molar-refractivity contribution is -0.112. The molecule has 2 aromatic rings. The fourth-order valence-corrected chi connectivity index (χ4v) is 3.05. The van der Waals surface area contributed by atoms with Crippen LogP contribution in [0.2, 0.25) is 0 Å². The van der Waals surface area contributed by atoms with Crippen molar-refractivity contribution in [2.45, 2.75) is 33.1 Å². The maximum atomic E-state index is 12.8. The smallest absolute Gasteiger partial charge is 0.185 e. The molecule has 0 aromatic heterocycles. The van der Waals surface area contributed by atoms with Crippen molar-refractivity contribution in [3.05, 3.63) is 81.9 Å². The molecule has 1 nitrogen and oxygen atoms in total. The molecule has 1 aliphatic carbocycles. The second-order valence-corrected chi connectivity index (χ2v) is 6.24. The monoisotopic (exact) mass is 302 g/mol. The van der Waals surface area contributed by atoms with E-state index in [1.165, 1.54) is 11.1 Å². The van der Waals surface area contributed by atoms with Gasteiger partial charge in [-0.15, -0.1) is 0 Å². The summed E-state index contributed by atoms with van der Waals surface area (Å²) in [4.78, 5) is 12.8. The molecular formula is C22H22O. The van der Waals surface area contributed by atoms with E-state index in [9.17, 15) is 4.79 Å². The minimum Gasteiger partial charge on any atom is -0.289 e. The quantitative estimate of drug-likeness (QED) is 0.667. The van der Waals surface area contributed by atoms with E-state index in [1.807, 2.05) is 24.3 Å². The van der Waals surface area contributed by atoms with E-state index < -0.39 is 0 Å². The first-order chi connectivity index (χ1) is 11.1. The van der Waals surface area contributed by atoms with Crippen LogP contribution in [0.25, 0.3) is 12.2 Å². The van der Waals surface area contributed by atoms with Crippen LogP contribution in [0, 0.1) is 13.8 Å². The van der Waals surface area contributed by atoms with Crippen molar-refractivity contribution in [2.75, 3.05) is 0 Å². The van der Waals surface area contributed by atoms with Gasteiger partial charge in [0, 0.05) is 11.1 Å². The number of carbonyl (C=O) groups is 1. The number of benzene rings is 2. The van der Waals surface area contributed by atoms with Crippen LogP contribution in [-0.2, 0) is 4.79 Å². The molecule has 3 rings (SSSR count). The number of ketones is 1. The fourth-order valence-electron chi connectivity index (χ4n) is 3.05. The molecule has 1 heteroatoms. The summed E-state index contributed by atoms with van der Waals surface area (Å²) >= 11 is 0. The molecule has 0 unspecified atom stereocenters. The number of hydrogen-bond donors (Lipinski definition) is 0. The molecule has 0 atom stereocenters. The molecular weight excluding hydrogens is 280 g/mol. The summed E-state index contributed by atoms with van der Waals surface area (Å²) < 4.78 is 0. The molecule has 0 bridgehead atoms. The van der Waals surface area contributed by atoms with Crippen LogP contribution in [0.4, 0.5) is 0 Å². The van der Waals surface area contributed by atoms with E-state index in [4.69, 9.17) is 0 Å². The van der Waals surface area contributed by atoms with Gasteiger partial charge in [-0.1, -0.05) is 48.5 Å². The first-order valence-electron chi connectivity index (χ1n) is 8.22. The third-order valence-corrected chi connectivity index (χ3v) is 4.51. The Kier molecular flexibility index (Phi) is 4.57. The summed E-state index contributed by atoms with van der Waals surface area (Å²) in [5, 5.41) is 0. The van der Waals surface area contributed by atoms with Gasteiger partial charge < -0.3 is 0 Å². The lowest BCUT2D eigenvalue weighted by atomic mass is 9.86. The molecule has 1 aliphatic rings. The zero-order valence-corrected chi connectivity index (χ0v) is 13.8. The summed E-state index contributed by atoms with van der Waals surface area (Å²) in [5.41, 5.74) is 6.59. The zero-order valence-electron chi connectivity index (χ0n) is 13.8. The number of allylic oxidation sites excluding steroid dienone is 2. The Labute approximate surface area is 138 Å². The van der Waals surface area contributed by atoms with Crippen LogP contribution in [0.1, 0.15) is 41.5 Å². The van der Waals surface area contributed by atoms with Gasteiger partial charge in [-0.3, -0.25) is 4.79 Å². The predicted molar refractivity (Wildman–Crippen MR) is 97.2 cm³/mol. The number of rotatable bonds is 2. The molecule has 0 spiro atoms. The van der Waals surface area contributed by atoms with Gasteiger partial charge >= 0.3 is 0 Å². The van der Waals surface area contributed by atoms with Crippen molar-refractivity contribution < 1.29 is 4.79 Å². The summed E-state index contributed by atoms with van der Waals surface area (Å²) in [6, 6.07) is 16.4. The fraction of sp³-hybridized carbons (Fsp3) is 0.227. The Morgan fingerprint density at radius 1 is 0.739 bits per heavy atom. The first kappa shape index (κ1) is 15.5.